The monoisotopic (exact) mass is 283 g/mol. The van der Waals surface area contributed by atoms with Gasteiger partial charge in [0.25, 0.3) is 0 Å². The molecule has 2 amide bonds. The SMILES string of the molecule is CCCC(C)NC(=O)CNC(C)C(=O)N1CCCCC1. The average molecular weight is 283 g/mol. The van der Waals surface area contributed by atoms with Crippen molar-refractivity contribution in [1.82, 2.24) is 15.5 Å². The Labute approximate surface area is 122 Å². The molecule has 116 valence electrons. The lowest BCUT2D eigenvalue weighted by molar-refractivity contribution is -0.134. The smallest absolute Gasteiger partial charge is 0.239 e. The highest BCUT2D eigenvalue weighted by molar-refractivity contribution is 5.83. The topological polar surface area (TPSA) is 61.4 Å². The Hall–Kier alpha value is -1.10. The Kier molecular flexibility index (Phi) is 7.59. The van der Waals surface area contributed by atoms with E-state index in [1.165, 1.54) is 6.42 Å². The largest absolute Gasteiger partial charge is 0.353 e. The Morgan fingerprint density at radius 3 is 2.40 bits per heavy atom. The first kappa shape index (κ1) is 17.0. The molecule has 0 aromatic heterocycles. The van der Waals surface area contributed by atoms with Crippen molar-refractivity contribution in [3.8, 4) is 0 Å². The van der Waals surface area contributed by atoms with Gasteiger partial charge in [-0.3, -0.25) is 14.9 Å². The van der Waals surface area contributed by atoms with E-state index in [0.717, 1.165) is 38.8 Å². The molecule has 1 rings (SSSR count). The summed E-state index contributed by atoms with van der Waals surface area (Å²) in [6, 6.07) is -0.0947. The van der Waals surface area contributed by atoms with E-state index in [1.807, 2.05) is 18.7 Å². The van der Waals surface area contributed by atoms with Gasteiger partial charge in [-0.2, -0.15) is 0 Å². The van der Waals surface area contributed by atoms with Crippen molar-refractivity contribution < 1.29 is 9.59 Å². The van der Waals surface area contributed by atoms with Crippen LogP contribution in [-0.4, -0.2) is 48.4 Å². The van der Waals surface area contributed by atoms with Gasteiger partial charge in [0.1, 0.15) is 0 Å². The first-order valence-electron chi connectivity index (χ1n) is 7.86. The minimum Gasteiger partial charge on any atom is -0.353 e. The number of carbonyl (C=O) groups is 2. The summed E-state index contributed by atoms with van der Waals surface area (Å²) in [6.07, 6.45) is 5.43. The number of amides is 2. The molecule has 1 aliphatic rings. The second-order valence-corrected chi connectivity index (χ2v) is 5.75. The maximum Gasteiger partial charge on any atom is 0.239 e. The molecule has 0 aromatic carbocycles. The molecule has 1 aliphatic heterocycles. The Morgan fingerprint density at radius 1 is 1.15 bits per heavy atom. The zero-order valence-corrected chi connectivity index (χ0v) is 13.1. The molecule has 0 saturated carbocycles. The van der Waals surface area contributed by atoms with Crippen LogP contribution in [0.5, 0.6) is 0 Å². The molecule has 5 heteroatoms. The number of nitrogens with one attached hydrogen (secondary N) is 2. The molecule has 20 heavy (non-hydrogen) atoms. The standard InChI is InChI=1S/C15H29N3O2/c1-4-8-12(2)17-14(19)11-16-13(3)15(20)18-9-6-5-7-10-18/h12-13,16H,4-11H2,1-3H3,(H,17,19). The summed E-state index contributed by atoms with van der Waals surface area (Å²) in [4.78, 5) is 25.8. The van der Waals surface area contributed by atoms with E-state index in [0.29, 0.717) is 0 Å². The molecule has 1 fully saturated rings. The summed E-state index contributed by atoms with van der Waals surface area (Å²) < 4.78 is 0. The molecule has 0 aliphatic carbocycles. The van der Waals surface area contributed by atoms with E-state index >= 15 is 0 Å². The van der Waals surface area contributed by atoms with E-state index in [2.05, 4.69) is 17.6 Å². The predicted octanol–water partition coefficient (Wildman–Crippen LogP) is 1.28. The summed E-state index contributed by atoms with van der Waals surface area (Å²) in [7, 11) is 0. The van der Waals surface area contributed by atoms with Crippen LogP contribution in [0.2, 0.25) is 0 Å². The van der Waals surface area contributed by atoms with Crippen LogP contribution >= 0.6 is 0 Å². The summed E-state index contributed by atoms with van der Waals surface area (Å²) in [5.41, 5.74) is 0. The van der Waals surface area contributed by atoms with Crippen LogP contribution in [0.25, 0.3) is 0 Å². The fourth-order valence-corrected chi connectivity index (χ4v) is 2.55. The molecule has 0 bridgehead atoms. The molecule has 0 aromatic rings. The molecule has 0 radical (unpaired) electrons. The van der Waals surface area contributed by atoms with Gasteiger partial charge >= 0.3 is 0 Å². The molecule has 5 nitrogen and oxygen atoms in total. The van der Waals surface area contributed by atoms with Crippen molar-refractivity contribution in [2.75, 3.05) is 19.6 Å². The van der Waals surface area contributed by atoms with Gasteiger partial charge in [0.05, 0.1) is 12.6 Å². The molecule has 2 unspecified atom stereocenters. The zero-order valence-electron chi connectivity index (χ0n) is 13.1. The van der Waals surface area contributed by atoms with E-state index < -0.39 is 0 Å². The van der Waals surface area contributed by atoms with Gasteiger partial charge in [-0.15, -0.1) is 0 Å². The van der Waals surface area contributed by atoms with Crippen LogP contribution in [-0.2, 0) is 9.59 Å². The van der Waals surface area contributed by atoms with Gasteiger partial charge in [0, 0.05) is 19.1 Å². The maximum atomic E-state index is 12.2. The van der Waals surface area contributed by atoms with Gasteiger partial charge in [0.2, 0.25) is 11.8 Å². The molecule has 2 N–H and O–H groups in total. The maximum absolute atomic E-state index is 12.2. The Bertz CT molecular complexity index is 314. The highest BCUT2D eigenvalue weighted by Gasteiger charge is 2.22. The predicted molar refractivity (Wildman–Crippen MR) is 80.4 cm³/mol. The van der Waals surface area contributed by atoms with Gasteiger partial charge < -0.3 is 10.2 Å². The molecule has 1 saturated heterocycles. The lowest BCUT2D eigenvalue weighted by atomic mass is 10.1. The lowest BCUT2D eigenvalue weighted by Gasteiger charge is -2.29. The second-order valence-electron chi connectivity index (χ2n) is 5.75. The van der Waals surface area contributed by atoms with Gasteiger partial charge in [0.15, 0.2) is 0 Å². The average Bonchev–Trinajstić information content (AvgIpc) is 2.45. The normalized spacial score (nSPS) is 18.4. The molecule has 2 atom stereocenters. The first-order chi connectivity index (χ1) is 9.54. The van der Waals surface area contributed by atoms with Crippen molar-refractivity contribution in [3.05, 3.63) is 0 Å². The van der Waals surface area contributed by atoms with E-state index in [4.69, 9.17) is 0 Å². The number of hydrogen-bond acceptors (Lipinski definition) is 3. The third kappa shape index (κ3) is 5.90. The van der Waals surface area contributed by atoms with Crippen molar-refractivity contribution >= 4 is 11.8 Å². The van der Waals surface area contributed by atoms with Gasteiger partial charge in [-0.05, 0) is 39.5 Å². The van der Waals surface area contributed by atoms with E-state index in [-0.39, 0.29) is 30.4 Å². The third-order valence-corrected chi connectivity index (χ3v) is 3.74. The molecular formula is C15H29N3O2. The number of rotatable bonds is 7. The quantitative estimate of drug-likeness (QED) is 0.740. The van der Waals surface area contributed by atoms with Gasteiger partial charge in [-0.25, -0.2) is 0 Å². The number of carbonyl (C=O) groups excluding carboxylic acids is 2. The van der Waals surface area contributed by atoms with Crippen molar-refractivity contribution in [1.29, 1.82) is 0 Å². The summed E-state index contributed by atoms with van der Waals surface area (Å²) in [6.45, 7) is 7.84. The highest BCUT2D eigenvalue weighted by atomic mass is 16.2. The van der Waals surface area contributed by atoms with Crippen molar-refractivity contribution in [2.45, 2.75) is 65.0 Å². The Morgan fingerprint density at radius 2 is 1.80 bits per heavy atom. The summed E-state index contributed by atoms with van der Waals surface area (Å²) >= 11 is 0. The van der Waals surface area contributed by atoms with Crippen molar-refractivity contribution in [3.63, 3.8) is 0 Å². The van der Waals surface area contributed by atoms with Crippen LogP contribution in [0, 0.1) is 0 Å². The number of likely N-dealkylation sites (tertiary alicyclic amines) is 1. The molecular weight excluding hydrogens is 254 g/mol. The fourth-order valence-electron chi connectivity index (χ4n) is 2.55. The summed E-state index contributed by atoms with van der Waals surface area (Å²) in [5, 5.41) is 5.95. The third-order valence-electron chi connectivity index (χ3n) is 3.74. The Balaban J connectivity index is 2.25. The fraction of sp³-hybridized carbons (Fsp3) is 0.867. The summed E-state index contributed by atoms with van der Waals surface area (Å²) in [5.74, 6) is 0.0725. The van der Waals surface area contributed by atoms with Crippen LogP contribution in [0.15, 0.2) is 0 Å². The molecule has 1 heterocycles. The van der Waals surface area contributed by atoms with Crippen LogP contribution < -0.4 is 10.6 Å². The van der Waals surface area contributed by atoms with E-state index in [1.54, 1.807) is 0 Å². The minimum atomic E-state index is -0.291. The minimum absolute atomic E-state index is 0.0377. The second kappa shape index (κ2) is 8.95. The first-order valence-corrected chi connectivity index (χ1v) is 7.86. The van der Waals surface area contributed by atoms with E-state index in [9.17, 15) is 9.59 Å². The molecule has 0 spiro atoms. The number of hydrogen-bond donors (Lipinski definition) is 2. The van der Waals surface area contributed by atoms with Crippen LogP contribution in [0.1, 0.15) is 52.9 Å². The number of piperidine rings is 1. The highest BCUT2D eigenvalue weighted by Crippen LogP contribution is 2.09. The number of nitrogens with zero attached hydrogens (tertiary/aromatic N) is 1. The van der Waals surface area contributed by atoms with Crippen LogP contribution in [0.3, 0.4) is 0 Å². The zero-order chi connectivity index (χ0) is 15.0. The van der Waals surface area contributed by atoms with Crippen molar-refractivity contribution in [2.24, 2.45) is 0 Å². The van der Waals surface area contributed by atoms with Crippen LogP contribution in [0.4, 0.5) is 0 Å². The lowest BCUT2D eigenvalue weighted by Crippen LogP contribution is -2.49. The van der Waals surface area contributed by atoms with Gasteiger partial charge in [-0.1, -0.05) is 13.3 Å².